The zero-order valence-corrected chi connectivity index (χ0v) is 15.2. The van der Waals surface area contributed by atoms with Crippen molar-refractivity contribution < 1.29 is 14.7 Å². The largest absolute Gasteiger partial charge is 0.464 e. The minimum absolute atomic E-state index is 0.258. The minimum Gasteiger partial charge on any atom is -0.464 e. The van der Waals surface area contributed by atoms with E-state index >= 15 is 0 Å². The fourth-order valence-electron chi connectivity index (χ4n) is 3.18. The molecule has 0 fully saturated rings. The van der Waals surface area contributed by atoms with Gasteiger partial charge in [0.2, 0.25) is 0 Å². The third kappa shape index (κ3) is 2.90. The molecule has 8 heteroatoms. The van der Waals surface area contributed by atoms with Crippen LogP contribution < -0.4 is 5.32 Å². The van der Waals surface area contributed by atoms with Crippen molar-refractivity contribution in [3.8, 4) is 11.3 Å². The van der Waals surface area contributed by atoms with E-state index in [0.717, 1.165) is 15.7 Å². The number of nitrogens with zero attached hydrogens (tertiary/aromatic N) is 4. The molecular weight excluding hydrogens is 358 g/mol. The number of carboxylic acid groups (broad SMARTS) is 1. The molecule has 0 aliphatic heterocycles. The van der Waals surface area contributed by atoms with E-state index in [-0.39, 0.29) is 17.4 Å². The predicted octanol–water partition coefficient (Wildman–Crippen LogP) is 3.52. The summed E-state index contributed by atoms with van der Waals surface area (Å²) in [5.41, 5.74) is 2.92. The molecule has 4 aromatic rings. The first kappa shape index (κ1) is 17.5. The Kier molecular flexibility index (Phi) is 4.15. The summed E-state index contributed by atoms with van der Waals surface area (Å²) in [6, 6.07) is 14.3. The molecule has 0 saturated carbocycles. The lowest BCUT2D eigenvalue weighted by Crippen LogP contribution is -2.17. The van der Waals surface area contributed by atoms with Gasteiger partial charge in [0.05, 0.1) is 5.69 Å². The Morgan fingerprint density at radius 1 is 1.11 bits per heavy atom. The normalized spacial score (nSPS) is 10.9. The van der Waals surface area contributed by atoms with E-state index in [0.29, 0.717) is 16.8 Å². The van der Waals surface area contributed by atoms with Gasteiger partial charge in [-0.3, -0.25) is 9.48 Å². The number of carbonyl (C=O) groups excluding carboxylic acids is 1. The Labute approximate surface area is 160 Å². The zero-order valence-electron chi connectivity index (χ0n) is 15.2. The number of hydrogen-bond acceptors (Lipinski definition) is 4. The van der Waals surface area contributed by atoms with E-state index in [4.69, 9.17) is 0 Å². The van der Waals surface area contributed by atoms with Crippen LogP contribution in [0.4, 0.5) is 10.6 Å². The van der Waals surface area contributed by atoms with E-state index in [2.05, 4.69) is 15.4 Å². The molecule has 2 N–H and O–H groups in total. The maximum absolute atomic E-state index is 12.4. The molecule has 3 aromatic heterocycles. The molecule has 0 radical (unpaired) electrons. The summed E-state index contributed by atoms with van der Waals surface area (Å²) in [6.07, 6.45) is 0.381. The second-order valence-corrected chi connectivity index (χ2v) is 6.37. The highest BCUT2D eigenvalue weighted by molar-refractivity contribution is 6.03. The van der Waals surface area contributed by atoms with Crippen molar-refractivity contribution in [3.63, 3.8) is 0 Å². The number of nitrogens with one attached hydrogen (secondary N) is 1. The quantitative estimate of drug-likeness (QED) is 0.570. The van der Waals surface area contributed by atoms with Gasteiger partial charge in [0.15, 0.2) is 5.65 Å². The number of pyridine rings is 1. The molecule has 28 heavy (non-hydrogen) atoms. The number of aromatic nitrogens is 4. The zero-order chi connectivity index (χ0) is 19.8. The molecule has 140 valence electrons. The second-order valence-electron chi connectivity index (χ2n) is 6.37. The number of benzene rings is 1. The van der Waals surface area contributed by atoms with E-state index in [9.17, 15) is 14.7 Å². The average molecular weight is 375 g/mol. The molecule has 4 rings (SSSR count). The van der Waals surface area contributed by atoms with Gasteiger partial charge in [-0.2, -0.15) is 5.10 Å². The monoisotopic (exact) mass is 375 g/mol. The molecule has 8 nitrogen and oxygen atoms in total. The standard InChI is InChI=1S/C20H17N5O3/c1-12-5-3-4-6-14(12)16-11-13-7-8-17(22-18(13)25(16)20(27)28)23-19(26)15-9-10-21-24(15)2/h3-11H,1-2H3,(H,27,28)(H,22,23,26). The summed E-state index contributed by atoms with van der Waals surface area (Å²) in [6.45, 7) is 1.92. The van der Waals surface area contributed by atoms with Crippen LogP contribution in [-0.2, 0) is 7.05 Å². The van der Waals surface area contributed by atoms with Crippen molar-refractivity contribution in [2.24, 2.45) is 7.05 Å². The summed E-state index contributed by atoms with van der Waals surface area (Å²) in [5, 5.41) is 17.1. The van der Waals surface area contributed by atoms with Gasteiger partial charge in [0.25, 0.3) is 5.91 Å². The van der Waals surface area contributed by atoms with Crippen LogP contribution >= 0.6 is 0 Å². The maximum Gasteiger partial charge on any atom is 0.417 e. The summed E-state index contributed by atoms with van der Waals surface area (Å²) < 4.78 is 2.58. The van der Waals surface area contributed by atoms with Crippen LogP contribution in [0.25, 0.3) is 22.3 Å². The van der Waals surface area contributed by atoms with Gasteiger partial charge in [0.1, 0.15) is 11.5 Å². The van der Waals surface area contributed by atoms with Crippen LogP contribution in [0.15, 0.2) is 54.7 Å². The Morgan fingerprint density at radius 3 is 2.57 bits per heavy atom. The van der Waals surface area contributed by atoms with E-state index in [1.54, 1.807) is 31.3 Å². The second kappa shape index (κ2) is 6.66. The third-order valence-electron chi connectivity index (χ3n) is 4.56. The van der Waals surface area contributed by atoms with Crippen molar-refractivity contribution in [2.75, 3.05) is 5.32 Å². The molecule has 1 aromatic carbocycles. The number of rotatable bonds is 3. The molecule has 3 heterocycles. The molecule has 0 saturated heterocycles. The molecule has 0 bridgehead atoms. The van der Waals surface area contributed by atoms with Crippen LogP contribution in [0, 0.1) is 6.92 Å². The van der Waals surface area contributed by atoms with Crippen molar-refractivity contribution in [1.82, 2.24) is 19.3 Å². The maximum atomic E-state index is 12.4. The van der Waals surface area contributed by atoms with Crippen molar-refractivity contribution in [3.05, 3.63) is 66.0 Å². The summed E-state index contributed by atoms with van der Waals surface area (Å²) in [5.74, 6) is -0.116. The van der Waals surface area contributed by atoms with Crippen molar-refractivity contribution in [1.29, 1.82) is 0 Å². The van der Waals surface area contributed by atoms with Crippen LogP contribution in [0.2, 0.25) is 0 Å². The van der Waals surface area contributed by atoms with Crippen LogP contribution in [-0.4, -0.2) is 36.4 Å². The topological polar surface area (TPSA) is 102 Å². The third-order valence-corrected chi connectivity index (χ3v) is 4.56. The van der Waals surface area contributed by atoms with Crippen molar-refractivity contribution >= 4 is 28.9 Å². The van der Waals surface area contributed by atoms with Gasteiger partial charge in [0, 0.05) is 24.2 Å². The Bertz CT molecular complexity index is 1220. The Morgan fingerprint density at radius 2 is 1.89 bits per heavy atom. The lowest BCUT2D eigenvalue weighted by Gasteiger charge is -2.08. The highest BCUT2D eigenvalue weighted by atomic mass is 16.4. The van der Waals surface area contributed by atoms with Gasteiger partial charge in [-0.15, -0.1) is 0 Å². The lowest BCUT2D eigenvalue weighted by atomic mass is 10.1. The molecular formula is C20H17N5O3. The predicted molar refractivity (Wildman–Crippen MR) is 104 cm³/mol. The average Bonchev–Trinajstić information content (AvgIpc) is 3.25. The molecule has 0 spiro atoms. The number of fused-ring (bicyclic) bond motifs is 1. The first-order chi connectivity index (χ1) is 13.5. The van der Waals surface area contributed by atoms with Gasteiger partial charge < -0.3 is 10.4 Å². The SMILES string of the molecule is Cc1ccccc1-c1cc2ccc(NC(=O)c3ccnn3C)nc2n1C(=O)O. The van der Waals surface area contributed by atoms with Gasteiger partial charge >= 0.3 is 6.09 Å². The summed E-state index contributed by atoms with van der Waals surface area (Å²) in [4.78, 5) is 28.7. The smallest absolute Gasteiger partial charge is 0.417 e. The van der Waals surface area contributed by atoms with E-state index < -0.39 is 6.09 Å². The van der Waals surface area contributed by atoms with Gasteiger partial charge in [-0.1, -0.05) is 24.3 Å². The lowest BCUT2D eigenvalue weighted by molar-refractivity contribution is 0.101. The molecule has 0 atom stereocenters. The summed E-state index contributed by atoms with van der Waals surface area (Å²) in [7, 11) is 1.66. The minimum atomic E-state index is -1.14. The number of anilines is 1. The van der Waals surface area contributed by atoms with Gasteiger partial charge in [-0.05, 0) is 36.8 Å². The van der Waals surface area contributed by atoms with Crippen molar-refractivity contribution in [2.45, 2.75) is 6.92 Å². The molecule has 1 amide bonds. The van der Waals surface area contributed by atoms with Crippen LogP contribution in [0.3, 0.4) is 0 Å². The Hall–Kier alpha value is -3.94. The van der Waals surface area contributed by atoms with Gasteiger partial charge in [-0.25, -0.2) is 14.3 Å². The first-order valence-electron chi connectivity index (χ1n) is 8.57. The van der Waals surface area contributed by atoms with E-state index in [1.807, 2.05) is 31.2 Å². The Balaban J connectivity index is 1.80. The highest BCUT2D eigenvalue weighted by Crippen LogP contribution is 2.30. The molecule has 0 aliphatic carbocycles. The van der Waals surface area contributed by atoms with Crippen LogP contribution in [0.5, 0.6) is 0 Å². The number of aryl methyl sites for hydroxylation is 2. The number of hydrogen-bond donors (Lipinski definition) is 2. The highest BCUT2D eigenvalue weighted by Gasteiger charge is 2.19. The first-order valence-corrected chi connectivity index (χ1v) is 8.57. The molecule has 0 unspecified atom stereocenters. The summed E-state index contributed by atoms with van der Waals surface area (Å²) >= 11 is 0. The number of amides is 1. The van der Waals surface area contributed by atoms with Crippen LogP contribution in [0.1, 0.15) is 16.1 Å². The fraction of sp³-hybridized carbons (Fsp3) is 0.100. The molecule has 0 aliphatic rings. The fourth-order valence-corrected chi connectivity index (χ4v) is 3.18. The number of carbonyl (C=O) groups is 2. The van der Waals surface area contributed by atoms with E-state index in [1.165, 1.54) is 10.9 Å².